The van der Waals surface area contributed by atoms with Crippen LogP contribution in [0.25, 0.3) is 0 Å². The Bertz CT molecular complexity index is 468. The molecule has 0 radical (unpaired) electrons. The Hall–Kier alpha value is -1.37. The number of hydrogen-bond donors (Lipinski definition) is 0. The molecule has 0 amide bonds. The van der Waals surface area contributed by atoms with Gasteiger partial charge in [-0.3, -0.25) is 9.48 Å². The minimum absolute atomic E-state index is 0.204. The van der Waals surface area contributed by atoms with Gasteiger partial charge < -0.3 is 4.74 Å². The lowest BCUT2D eigenvalue weighted by atomic mass is 10.3. The summed E-state index contributed by atoms with van der Waals surface area (Å²) >= 11 is 0. The van der Waals surface area contributed by atoms with Crippen molar-refractivity contribution in [1.29, 1.82) is 0 Å². The van der Waals surface area contributed by atoms with E-state index in [-0.39, 0.29) is 5.69 Å². The van der Waals surface area contributed by atoms with Crippen LogP contribution in [0, 0.1) is 0 Å². The summed E-state index contributed by atoms with van der Waals surface area (Å²) in [5, 5.41) is 3.93. The first-order valence-corrected chi connectivity index (χ1v) is 6.75. The van der Waals surface area contributed by atoms with E-state index in [1.165, 1.54) is 18.0 Å². The second-order valence-electron chi connectivity index (χ2n) is 3.37. The molecular formula is C9H14N2O4S. The van der Waals surface area contributed by atoms with Gasteiger partial charge in [0, 0.05) is 12.8 Å². The lowest BCUT2D eigenvalue weighted by Gasteiger charge is -2.05. The Kier molecular flexibility index (Phi) is 3.69. The summed E-state index contributed by atoms with van der Waals surface area (Å²) < 4.78 is 28.5. The van der Waals surface area contributed by atoms with Crippen LogP contribution in [-0.2, 0) is 16.4 Å². The number of sulfone groups is 1. The van der Waals surface area contributed by atoms with Crippen molar-refractivity contribution in [2.24, 2.45) is 0 Å². The van der Waals surface area contributed by atoms with Gasteiger partial charge in [-0.2, -0.15) is 5.10 Å². The second kappa shape index (κ2) is 4.65. The fourth-order valence-electron chi connectivity index (χ4n) is 1.35. The third-order valence-corrected chi connectivity index (χ3v) is 2.77. The fourth-order valence-corrected chi connectivity index (χ4v) is 1.96. The van der Waals surface area contributed by atoms with Gasteiger partial charge in [0.1, 0.15) is 11.4 Å². The van der Waals surface area contributed by atoms with Crippen molar-refractivity contribution in [3.05, 3.63) is 11.9 Å². The second-order valence-corrected chi connectivity index (χ2v) is 5.51. The fraction of sp³-hybridized carbons (Fsp3) is 0.556. The topological polar surface area (TPSA) is 78.3 Å². The van der Waals surface area contributed by atoms with Crippen molar-refractivity contribution in [3.8, 4) is 5.75 Å². The Labute approximate surface area is 94.1 Å². The SMILES string of the molecule is CCn1ncc(OC)c1C(=O)CS(C)(=O)=O. The molecule has 90 valence electrons. The van der Waals surface area contributed by atoms with Crippen LogP contribution in [0.4, 0.5) is 0 Å². The Morgan fingerprint density at radius 1 is 1.56 bits per heavy atom. The smallest absolute Gasteiger partial charge is 0.199 e. The van der Waals surface area contributed by atoms with E-state index in [9.17, 15) is 13.2 Å². The summed E-state index contributed by atoms with van der Waals surface area (Å²) in [6.45, 7) is 2.29. The van der Waals surface area contributed by atoms with Gasteiger partial charge in [-0.05, 0) is 6.92 Å². The summed E-state index contributed by atoms with van der Waals surface area (Å²) in [6, 6.07) is 0. The monoisotopic (exact) mass is 246 g/mol. The van der Waals surface area contributed by atoms with Crippen LogP contribution in [0.3, 0.4) is 0 Å². The van der Waals surface area contributed by atoms with Gasteiger partial charge in [-0.15, -0.1) is 0 Å². The molecule has 1 rings (SSSR count). The number of Topliss-reactive ketones (excluding diaryl/α,β-unsaturated/α-hetero) is 1. The lowest BCUT2D eigenvalue weighted by molar-refractivity contribution is 0.100. The van der Waals surface area contributed by atoms with E-state index in [1.54, 1.807) is 0 Å². The molecule has 6 nitrogen and oxygen atoms in total. The zero-order valence-electron chi connectivity index (χ0n) is 9.43. The summed E-state index contributed by atoms with van der Waals surface area (Å²) in [4.78, 5) is 11.8. The van der Waals surface area contributed by atoms with Crippen molar-refractivity contribution < 1.29 is 17.9 Å². The number of aromatic nitrogens is 2. The zero-order chi connectivity index (χ0) is 12.3. The van der Waals surface area contributed by atoms with Gasteiger partial charge in [-0.25, -0.2) is 8.42 Å². The van der Waals surface area contributed by atoms with E-state index < -0.39 is 21.4 Å². The molecule has 7 heteroatoms. The molecule has 16 heavy (non-hydrogen) atoms. The number of carbonyl (C=O) groups excluding carboxylic acids is 1. The molecule has 0 spiro atoms. The molecule has 0 N–H and O–H groups in total. The molecule has 0 aliphatic heterocycles. The molecule has 1 aromatic rings. The predicted octanol–water partition coefficient (Wildman–Crippen LogP) is 0.139. The van der Waals surface area contributed by atoms with E-state index in [2.05, 4.69) is 5.10 Å². The minimum Gasteiger partial charge on any atom is -0.493 e. The lowest BCUT2D eigenvalue weighted by Crippen LogP contribution is -2.19. The molecule has 1 heterocycles. The third kappa shape index (κ3) is 2.82. The largest absolute Gasteiger partial charge is 0.493 e. The molecule has 0 fully saturated rings. The quantitative estimate of drug-likeness (QED) is 0.690. The first-order chi connectivity index (χ1) is 7.39. The summed E-state index contributed by atoms with van der Waals surface area (Å²) in [5.41, 5.74) is 0.204. The van der Waals surface area contributed by atoms with Crippen LogP contribution in [0.15, 0.2) is 6.20 Å². The molecular weight excluding hydrogens is 232 g/mol. The first kappa shape index (κ1) is 12.7. The van der Waals surface area contributed by atoms with Gasteiger partial charge in [-0.1, -0.05) is 0 Å². The van der Waals surface area contributed by atoms with Gasteiger partial charge in [0.2, 0.25) is 0 Å². The van der Waals surface area contributed by atoms with E-state index in [1.807, 2.05) is 6.92 Å². The normalized spacial score (nSPS) is 11.4. The van der Waals surface area contributed by atoms with Crippen molar-refractivity contribution >= 4 is 15.6 Å². The molecule has 0 saturated carbocycles. The highest BCUT2D eigenvalue weighted by Gasteiger charge is 2.22. The molecule has 0 aromatic carbocycles. The highest BCUT2D eigenvalue weighted by Crippen LogP contribution is 2.18. The molecule has 1 aromatic heterocycles. The molecule has 0 aliphatic rings. The Morgan fingerprint density at radius 3 is 2.62 bits per heavy atom. The summed E-state index contributed by atoms with van der Waals surface area (Å²) in [6.07, 6.45) is 2.42. The van der Waals surface area contributed by atoms with Crippen molar-refractivity contribution in [3.63, 3.8) is 0 Å². The van der Waals surface area contributed by atoms with Gasteiger partial charge in [0.05, 0.1) is 13.3 Å². The van der Waals surface area contributed by atoms with Crippen LogP contribution < -0.4 is 4.74 Å². The van der Waals surface area contributed by atoms with Crippen molar-refractivity contribution in [1.82, 2.24) is 9.78 Å². The number of carbonyl (C=O) groups is 1. The van der Waals surface area contributed by atoms with E-state index in [4.69, 9.17) is 4.74 Å². The highest BCUT2D eigenvalue weighted by atomic mass is 32.2. The van der Waals surface area contributed by atoms with Gasteiger partial charge >= 0.3 is 0 Å². The van der Waals surface area contributed by atoms with E-state index in [0.717, 1.165) is 6.26 Å². The summed E-state index contributed by atoms with van der Waals surface area (Å²) in [7, 11) is -1.93. The maximum absolute atomic E-state index is 11.8. The Balaban J connectivity index is 3.11. The van der Waals surface area contributed by atoms with Gasteiger partial charge in [0.15, 0.2) is 21.4 Å². The van der Waals surface area contributed by atoms with Crippen LogP contribution in [0.5, 0.6) is 5.75 Å². The minimum atomic E-state index is -3.35. The molecule has 0 unspecified atom stereocenters. The van der Waals surface area contributed by atoms with Crippen molar-refractivity contribution in [2.45, 2.75) is 13.5 Å². The number of rotatable bonds is 5. The molecule has 0 atom stereocenters. The number of ether oxygens (including phenoxy) is 1. The highest BCUT2D eigenvalue weighted by molar-refractivity contribution is 7.91. The van der Waals surface area contributed by atoms with Crippen molar-refractivity contribution in [2.75, 3.05) is 19.1 Å². The Morgan fingerprint density at radius 2 is 2.19 bits per heavy atom. The molecule has 0 aliphatic carbocycles. The molecule has 0 bridgehead atoms. The number of ketones is 1. The zero-order valence-corrected chi connectivity index (χ0v) is 10.2. The number of aryl methyl sites for hydroxylation is 1. The molecule has 0 saturated heterocycles. The predicted molar refractivity (Wildman–Crippen MR) is 58.5 cm³/mol. The average molecular weight is 246 g/mol. The van der Waals surface area contributed by atoms with Crippen LogP contribution >= 0.6 is 0 Å². The standard InChI is InChI=1S/C9H14N2O4S/c1-4-11-9(8(15-2)5-10-11)7(12)6-16(3,13)14/h5H,4,6H2,1-3H3. The number of hydrogen-bond acceptors (Lipinski definition) is 5. The maximum atomic E-state index is 11.8. The van der Waals surface area contributed by atoms with E-state index in [0.29, 0.717) is 12.3 Å². The number of methoxy groups -OCH3 is 1. The third-order valence-electron chi connectivity index (χ3n) is 1.98. The summed E-state index contributed by atoms with van der Waals surface area (Å²) in [5.74, 6) is -0.732. The van der Waals surface area contributed by atoms with Crippen LogP contribution in [0.2, 0.25) is 0 Å². The maximum Gasteiger partial charge on any atom is 0.199 e. The van der Waals surface area contributed by atoms with Gasteiger partial charge in [0.25, 0.3) is 0 Å². The van der Waals surface area contributed by atoms with E-state index >= 15 is 0 Å². The van der Waals surface area contributed by atoms with Crippen LogP contribution in [0.1, 0.15) is 17.4 Å². The first-order valence-electron chi connectivity index (χ1n) is 4.69. The average Bonchev–Trinajstić information content (AvgIpc) is 2.57. The van der Waals surface area contributed by atoms with Crippen LogP contribution in [-0.4, -0.2) is 43.1 Å². The number of nitrogens with zero attached hydrogens (tertiary/aromatic N) is 2.